The molecular weight excluding hydrogens is 256 g/mol. The summed E-state index contributed by atoms with van der Waals surface area (Å²) in [5, 5.41) is 3.69. The van der Waals surface area contributed by atoms with Gasteiger partial charge in [-0.25, -0.2) is 0 Å². The van der Waals surface area contributed by atoms with Gasteiger partial charge in [0, 0.05) is 31.5 Å². The smallest absolute Gasteiger partial charge is 0.0374 e. The fourth-order valence-corrected chi connectivity index (χ4v) is 3.02. The molecule has 0 aliphatic carbocycles. The van der Waals surface area contributed by atoms with Crippen LogP contribution in [0.25, 0.3) is 0 Å². The summed E-state index contributed by atoms with van der Waals surface area (Å²) in [7, 11) is 4.16. The van der Waals surface area contributed by atoms with E-state index < -0.39 is 0 Å². The highest BCUT2D eigenvalue weighted by Gasteiger charge is 2.16. The number of nitrogens with one attached hydrogen (secondary N) is 1. The third-order valence-electron chi connectivity index (χ3n) is 4.37. The van der Waals surface area contributed by atoms with Crippen molar-refractivity contribution in [2.75, 3.05) is 24.3 Å². The number of fused-ring (bicyclic) bond motifs is 1. The van der Waals surface area contributed by atoms with Gasteiger partial charge in [-0.2, -0.15) is 0 Å². The first-order valence-corrected chi connectivity index (χ1v) is 7.83. The molecule has 110 valence electrons. The Kier molecular flexibility index (Phi) is 4.14. The van der Waals surface area contributed by atoms with Gasteiger partial charge in [-0.05, 0) is 55.0 Å². The van der Waals surface area contributed by atoms with Crippen molar-refractivity contribution in [3.63, 3.8) is 0 Å². The van der Waals surface area contributed by atoms with Crippen LogP contribution in [0.5, 0.6) is 0 Å². The molecule has 0 spiro atoms. The van der Waals surface area contributed by atoms with Gasteiger partial charge < -0.3 is 10.2 Å². The van der Waals surface area contributed by atoms with E-state index in [-0.39, 0.29) is 0 Å². The third-order valence-corrected chi connectivity index (χ3v) is 4.37. The highest BCUT2D eigenvalue weighted by Crippen LogP contribution is 2.26. The average Bonchev–Trinajstić information content (AvgIpc) is 2.53. The lowest BCUT2D eigenvalue weighted by molar-refractivity contribution is 0.586. The van der Waals surface area contributed by atoms with Gasteiger partial charge in [-0.3, -0.25) is 0 Å². The van der Waals surface area contributed by atoms with Gasteiger partial charge in [0.15, 0.2) is 0 Å². The summed E-state index contributed by atoms with van der Waals surface area (Å²) in [5.41, 5.74) is 5.49. The van der Waals surface area contributed by atoms with Gasteiger partial charge in [0.05, 0.1) is 0 Å². The number of benzene rings is 2. The van der Waals surface area contributed by atoms with Crippen LogP contribution in [0.4, 0.5) is 11.4 Å². The van der Waals surface area contributed by atoms with Crippen molar-refractivity contribution >= 4 is 11.4 Å². The van der Waals surface area contributed by atoms with Crippen LogP contribution in [0, 0.1) is 0 Å². The van der Waals surface area contributed by atoms with Crippen LogP contribution in [0.2, 0.25) is 0 Å². The Labute approximate surface area is 127 Å². The molecule has 0 radical (unpaired) electrons. The molecule has 0 saturated carbocycles. The minimum absolute atomic E-state index is 0.605. The van der Waals surface area contributed by atoms with E-state index in [9.17, 15) is 0 Å². The number of hydrogen-bond acceptors (Lipinski definition) is 2. The standard InChI is InChI=1S/C19H24N2/c1-21(2)18-13-8-15(9-14-18)7-11-17-12-10-16-5-3-4-6-19(16)20-17/h3-6,8-9,13-14,17,20H,7,10-12H2,1-2H3/t17-/m0/s1. The van der Waals surface area contributed by atoms with Gasteiger partial charge in [0.25, 0.3) is 0 Å². The summed E-state index contributed by atoms with van der Waals surface area (Å²) in [6, 6.07) is 18.2. The van der Waals surface area contributed by atoms with Crippen LogP contribution in [0.15, 0.2) is 48.5 Å². The van der Waals surface area contributed by atoms with E-state index >= 15 is 0 Å². The summed E-state index contributed by atoms with van der Waals surface area (Å²) in [4.78, 5) is 2.14. The zero-order valence-corrected chi connectivity index (χ0v) is 13.0. The van der Waals surface area contributed by atoms with Crippen molar-refractivity contribution in [2.45, 2.75) is 31.7 Å². The van der Waals surface area contributed by atoms with Crippen LogP contribution >= 0.6 is 0 Å². The molecule has 0 unspecified atom stereocenters. The van der Waals surface area contributed by atoms with E-state index in [1.54, 1.807) is 0 Å². The molecule has 1 atom stereocenters. The van der Waals surface area contributed by atoms with Crippen LogP contribution in [0.3, 0.4) is 0 Å². The fourth-order valence-electron chi connectivity index (χ4n) is 3.02. The number of anilines is 2. The largest absolute Gasteiger partial charge is 0.382 e. The summed E-state index contributed by atoms with van der Waals surface area (Å²) in [6.07, 6.45) is 4.80. The second-order valence-electron chi connectivity index (χ2n) is 6.14. The molecule has 2 aromatic rings. The summed E-state index contributed by atoms with van der Waals surface area (Å²) in [5.74, 6) is 0. The van der Waals surface area contributed by atoms with Crippen LogP contribution in [-0.4, -0.2) is 20.1 Å². The Morgan fingerprint density at radius 1 is 1.05 bits per heavy atom. The van der Waals surface area contributed by atoms with E-state index in [4.69, 9.17) is 0 Å². The molecule has 3 rings (SSSR count). The highest BCUT2D eigenvalue weighted by atomic mass is 15.1. The number of rotatable bonds is 4. The molecule has 0 fully saturated rings. The van der Waals surface area contributed by atoms with Gasteiger partial charge in [0.2, 0.25) is 0 Å². The lowest BCUT2D eigenvalue weighted by Crippen LogP contribution is -2.25. The third kappa shape index (κ3) is 3.38. The summed E-state index contributed by atoms with van der Waals surface area (Å²) >= 11 is 0. The van der Waals surface area contributed by atoms with E-state index in [0.717, 1.165) is 6.42 Å². The SMILES string of the molecule is CN(C)c1ccc(CC[C@H]2CCc3ccccc3N2)cc1. The Morgan fingerprint density at radius 3 is 2.57 bits per heavy atom. The first-order valence-electron chi connectivity index (χ1n) is 7.83. The van der Waals surface area contributed by atoms with Crippen molar-refractivity contribution in [1.82, 2.24) is 0 Å². The highest BCUT2D eigenvalue weighted by molar-refractivity contribution is 5.53. The molecule has 21 heavy (non-hydrogen) atoms. The van der Waals surface area contributed by atoms with Crippen molar-refractivity contribution in [3.8, 4) is 0 Å². The maximum absolute atomic E-state index is 3.69. The lowest BCUT2D eigenvalue weighted by Gasteiger charge is -2.27. The molecule has 1 N–H and O–H groups in total. The molecule has 1 aliphatic heterocycles. The predicted octanol–water partition coefficient (Wildman–Crippen LogP) is 4.11. The quantitative estimate of drug-likeness (QED) is 0.906. The maximum atomic E-state index is 3.69. The van der Waals surface area contributed by atoms with Crippen molar-refractivity contribution in [1.29, 1.82) is 0 Å². The van der Waals surface area contributed by atoms with E-state index in [1.807, 2.05) is 0 Å². The topological polar surface area (TPSA) is 15.3 Å². The summed E-state index contributed by atoms with van der Waals surface area (Å²) < 4.78 is 0. The minimum Gasteiger partial charge on any atom is -0.382 e. The van der Waals surface area contributed by atoms with E-state index in [1.165, 1.54) is 41.8 Å². The predicted molar refractivity (Wildman–Crippen MR) is 91.3 cm³/mol. The molecule has 1 heterocycles. The molecule has 0 amide bonds. The van der Waals surface area contributed by atoms with Gasteiger partial charge in [0.1, 0.15) is 0 Å². The van der Waals surface area contributed by atoms with E-state index in [2.05, 4.69) is 72.8 Å². The zero-order chi connectivity index (χ0) is 14.7. The van der Waals surface area contributed by atoms with Crippen LogP contribution in [0.1, 0.15) is 24.0 Å². The zero-order valence-electron chi connectivity index (χ0n) is 13.0. The average molecular weight is 280 g/mol. The van der Waals surface area contributed by atoms with Crippen molar-refractivity contribution < 1.29 is 0 Å². The molecule has 0 saturated heterocycles. The molecule has 0 aromatic heterocycles. The van der Waals surface area contributed by atoms with Gasteiger partial charge in [-0.1, -0.05) is 30.3 Å². The molecule has 2 nitrogen and oxygen atoms in total. The molecule has 1 aliphatic rings. The fraction of sp³-hybridized carbons (Fsp3) is 0.368. The number of aryl methyl sites for hydroxylation is 2. The van der Waals surface area contributed by atoms with E-state index in [0.29, 0.717) is 6.04 Å². The molecule has 0 bridgehead atoms. The first kappa shape index (κ1) is 14.0. The normalized spacial score (nSPS) is 17.0. The van der Waals surface area contributed by atoms with Crippen molar-refractivity contribution in [2.24, 2.45) is 0 Å². The second kappa shape index (κ2) is 6.21. The monoisotopic (exact) mass is 280 g/mol. The maximum Gasteiger partial charge on any atom is 0.0374 e. The van der Waals surface area contributed by atoms with Crippen molar-refractivity contribution in [3.05, 3.63) is 59.7 Å². The van der Waals surface area contributed by atoms with Crippen LogP contribution in [-0.2, 0) is 12.8 Å². The molecule has 2 aromatic carbocycles. The number of nitrogens with zero attached hydrogens (tertiary/aromatic N) is 1. The van der Waals surface area contributed by atoms with Crippen LogP contribution < -0.4 is 10.2 Å². The van der Waals surface area contributed by atoms with Gasteiger partial charge >= 0.3 is 0 Å². The Morgan fingerprint density at radius 2 is 1.81 bits per heavy atom. The number of hydrogen-bond donors (Lipinski definition) is 1. The lowest BCUT2D eigenvalue weighted by atomic mass is 9.94. The Balaban J connectivity index is 1.56. The second-order valence-corrected chi connectivity index (χ2v) is 6.14. The molecular formula is C19H24N2. The Bertz CT molecular complexity index is 587. The first-order chi connectivity index (χ1) is 10.2. The molecule has 2 heteroatoms. The van der Waals surface area contributed by atoms with Gasteiger partial charge in [-0.15, -0.1) is 0 Å². The Hall–Kier alpha value is -1.96. The number of para-hydroxylation sites is 1. The minimum atomic E-state index is 0.605. The summed E-state index contributed by atoms with van der Waals surface area (Å²) in [6.45, 7) is 0.